The maximum Gasteiger partial charge on any atom is 0.130 e. The normalized spacial score (nSPS) is 10.5. The monoisotopic (exact) mass is 270 g/mol. The first-order valence-electron chi connectivity index (χ1n) is 7.13. The highest BCUT2D eigenvalue weighted by molar-refractivity contribution is 5.33. The number of aromatic nitrogens is 1. The van der Waals surface area contributed by atoms with Gasteiger partial charge in [0.05, 0.1) is 5.69 Å². The van der Waals surface area contributed by atoms with Crippen LogP contribution in [0.25, 0.3) is 0 Å². The van der Waals surface area contributed by atoms with Gasteiger partial charge in [0, 0.05) is 17.8 Å². The second-order valence-corrected chi connectivity index (χ2v) is 4.84. The molecule has 0 aliphatic heterocycles. The molecule has 3 heteroatoms. The molecule has 0 fully saturated rings. The van der Waals surface area contributed by atoms with E-state index in [0.717, 1.165) is 36.6 Å². The highest BCUT2D eigenvalue weighted by atomic mass is 16.5. The van der Waals surface area contributed by atoms with Gasteiger partial charge >= 0.3 is 0 Å². The SMILES string of the molecule is CCCNCc1ccccc1OCc1cccc(C)n1. The number of pyridine rings is 1. The Bertz CT molecular complexity index is 540. The van der Waals surface area contributed by atoms with E-state index in [0.29, 0.717) is 6.61 Å². The van der Waals surface area contributed by atoms with Crippen LogP contribution in [0.1, 0.15) is 30.3 Å². The molecule has 0 unspecified atom stereocenters. The number of hydrogen-bond acceptors (Lipinski definition) is 3. The van der Waals surface area contributed by atoms with Crippen LogP contribution in [0, 0.1) is 6.92 Å². The van der Waals surface area contributed by atoms with Crippen molar-refractivity contribution in [3.63, 3.8) is 0 Å². The van der Waals surface area contributed by atoms with Crippen LogP contribution in [0.3, 0.4) is 0 Å². The molecule has 0 spiro atoms. The Morgan fingerprint density at radius 1 is 1.10 bits per heavy atom. The second-order valence-electron chi connectivity index (χ2n) is 4.84. The number of ether oxygens (including phenoxy) is 1. The Hall–Kier alpha value is -1.87. The topological polar surface area (TPSA) is 34.1 Å². The van der Waals surface area contributed by atoms with Crippen LogP contribution in [-0.4, -0.2) is 11.5 Å². The van der Waals surface area contributed by atoms with Gasteiger partial charge in [-0.1, -0.05) is 31.2 Å². The van der Waals surface area contributed by atoms with E-state index in [2.05, 4.69) is 23.3 Å². The lowest BCUT2D eigenvalue weighted by molar-refractivity contribution is 0.297. The van der Waals surface area contributed by atoms with Gasteiger partial charge in [-0.3, -0.25) is 4.98 Å². The maximum absolute atomic E-state index is 5.91. The van der Waals surface area contributed by atoms with Crippen LogP contribution in [0.5, 0.6) is 5.75 Å². The highest BCUT2D eigenvalue weighted by Gasteiger charge is 2.03. The van der Waals surface area contributed by atoms with Crippen molar-refractivity contribution < 1.29 is 4.74 Å². The molecule has 0 atom stereocenters. The van der Waals surface area contributed by atoms with E-state index < -0.39 is 0 Å². The molecular weight excluding hydrogens is 248 g/mol. The predicted octanol–water partition coefficient (Wildman–Crippen LogP) is 3.47. The summed E-state index contributed by atoms with van der Waals surface area (Å²) in [6, 6.07) is 14.1. The third kappa shape index (κ3) is 4.35. The van der Waals surface area contributed by atoms with Gasteiger partial charge in [0.1, 0.15) is 12.4 Å². The van der Waals surface area contributed by atoms with Gasteiger partial charge in [0.15, 0.2) is 0 Å². The Labute approximate surface area is 121 Å². The summed E-state index contributed by atoms with van der Waals surface area (Å²) in [6.07, 6.45) is 1.14. The number of benzene rings is 1. The van der Waals surface area contributed by atoms with Gasteiger partial charge in [-0.05, 0) is 38.1 Å². The third-order valence-corrected chi connectivity index (χ3v) is 3.04. The summed E-state index contributed by atoms with van der Waals surface area (Å²) in [5.41, 5.74) is 3.17. The molecule has 20 heavy (non-hydrogen) atoms. The zero-order valence-electron chi connectivity index (χ0n) is 12.2. The smallest absolute Gasteiger partial charge is 0.130 e. The van der Waals surface area contributed by atoms with Crippen LogP contribution >= 0.6 is 0 Å². The van der Waals surface area contributed by atoms with Gasteiger partial charge in [0.2, 0.25) is 0 Å². The largest absolute Gasteiger partial charge is 0.487 e. The van der Waals surface area contributed by atoms with E-state index in [1.807, 2.05) is 43.3 Å². The van der Waals surface area contributed by atoms with Crippen molar-refractivity contribution >= 4 is 0 Å². The Balaban J connectivity index is 1.98. The number of aryl methyl sites for hydroxylation is 1. The first-order valence-corrected chi connectivity index (χ1v) is 7.13. The summed E-state index contributed by atoms with van der Waals surface area (Å²) in [6.45, 7) is 6.52. The van der Waals surface area contributed by atoms with Gasteiger partial charge in [0.25, 0.3) is 0 Å². The molecule has 0 bridgehead atoms. The molecule has 0 aliphatic carbocycles. The Morgan fingerprint density at radius 3 is 2.75 bits per heavy atom. The molecule has 0 saturated carbocycles. The molecule has 2 aromatic rings. The standard InChI is InChI=1S/C17H22N2O/c1-3-11-18-12-15-8-4-5-10-17(15)20-13-16-9-6-7-14(2)19-16/h4-10,18H,3,11-13H2,1-2H3. The minimum atomic E-state index is 0.506. The number of nitrogens with zero attached hydrogens (tertiary/aromatic N) is 1. The molecule has 1 heterocycles. The Morgan fingerprint density at radius 2 is 1.95 bits per heavy atom. The summed E-state index contributed by atoms with van der Waals surface area (Å²) >= 11 is 0. The molecular formula is C17H22N2O. The summed E-state index contributed by atoms with van der Waals surface area (Å²) in [7, 11) is 0. The fourth-order valence-electron chi connectivity index (χ4n) is 2.02. The second kappa shape index (κ2) is 7.65. The van der Waals surface area contributed by atoms with Crippen molar-refractivity contribution in [2.24, 2.45) is 0 Å². The zero-order chi connectivity index (χ0) is 14.2. The minimum Gasteiger partial charge on any atom is -0.487 e. The average molecular weight is 270 g/mol. The Kier molecular flexibility index (Phi) is 5.56. The first kappa shape index (κ1) is 14.5. The van der Waals surface area contributed by atoms with E-state index in [4.69, 9.17) is 4.74 Å². The van der Waals surface area contributed by atoms with Crippen LogP contribution in [0.2, 0.25) is 0 Å². The highest BCUT2D eigenvalue weighted by Crippen LogP contribution is 2.19. The van der Waals surface area contributed by atoms with Crippen LogP contribution < -0.4 is 10.1 Å². The molecule has 2 rings (SSSR count). The molecule has 0 aliphatic rings. The molecule has 0 amide bonds. The van der Waals surface area contributed by atoms with Crippen molar-refractivity contribution in [1.82, 2.24) is 10.3 Å². The number of hydrogen-bond donors (Lipinski definition) is 1. The number of rotatable bonds is 7. The lowest BCUT2D eigenvalue weighted by atomic mass is 10.2. The predicted molar refractivity (Wildman–Crippen MR) is 81.7 cm³/mol. The summed E-state index contributed by atoms with van der Waals surface area (Å²) < 4.78 is 5.91. The van der Waals surface area contributed by atoms with Crippen molar-refractivity contribution in [1.29, 1.82) is 0 Å². The molecule has 1 N–H and O–H groups in total. The molecule has 1 aromatic heterocycles. The van der Waals surface area contributed by atoms with Crippen LogP contribution in [0.15, 0.2) is 42.5 Å². The summed E-state index contributed by atoms with van der Waals surface area (Å²) in [5.74, 6) is 0.930. The molecule has 0 saturated heterocycles. The number of nitrogens with one attached hydrogen (secondary N) is 1. The van der Waals surface area contributed by atoms with E-state index in [-0.39, 0.29) is 0 Å². The van der Waals surface area contributed by atoms with Crippen molar-refractivity contribution in [2.75, 3.05) is 6.54 Å². The van der Waals surface area contributed by atoms with E-state index in [1.165, 1.54) is 5.56 Å². The van der Waals surface area contributed by atoms with E-state index >= 15 is 0 Å². The lowest BCUT2D eigenvalue weighted by Gasteiger charge is -2.12. The van der Waals surface area contributed by atoms with Crippen LogP contribution in [0.4, 0.5) is 0 Å². The summed E-state index contributed by atoms with van der Waals surface area (Å²) in [4.78, 5) is 4.45. The fourth-order valence-corrected chi connectivity index (χ4v) is 2.02. The molecule has 106 valence electrons. The summed E-state index contributed by atoms with van der Waals surface area (Å²) in [5, 5.41) is 3.40. The van der Waals surface area contributed by atoms with E-state index in [9.17, 15) is 0 Å². The lowest BCUT2D eigenvalue weighted by Crippen LogP contribution is -2.14. The van der Waals surface area contributed by atoms with Gasteiger partial charge in [-0.15, -0.1) is 0 Å². The van der Waals surface area contributed by atoms with E-state index in [1.54, 1.807) is 0 Å². The van der Waals surface area contributed by atoms with Crippen molar-refractivity contribution in [2.45, 2.75) is 33.4 Å². The average Bonchev–Trinajstić information content (AvgIpc) is 2.47. The van der Waals surface area contributed by atoms with Crippen LogP contribution in [-0.2, 0) is 13.2 Å². The first-order chi connectivity index (χ1) is 9.79. The molecule has 0 radical (unpaired) electrons. The van der Waals surface area contributed by atoms with Crippen molar-refractivity contribution in [3.05, 3.63) is 59.4 Å². The minimum absolute atomic E-state index is 0.506. The van der Waals surface area contributed by atoms with Gasteiger partial charge in [-0.25, -0.2) is 0 Å². The number of para-hydroxylation sites is 1. The van der Waals surface area contributed by atoms with Gasteiger partial charge in [-0.2, -0.15) is 0 Å². The zero-order valence-corrected chi connectivity index (χ0v) is 12.2. The maximum atomic E-state index is 5.91. The quantitative estimate of drug-likeness (QED) is 0.782. The third-order valence-electron chi connectivity index (χ3n) is 3.04. The fraction of sp³-hybridized carbons (Fsp3) is 0.353. The van der Waals surface area contributed by atoms with Gasteiger partial charge < -0.3 is 10.1 Å². The molecule has 3 nitrogen and oxygen atoms in total. The molecule has 1 aromatic carbocycles. The van der Waals surface area contributed by atoms with Crippen molar-refractivity contribution in [3.8, 4) is 5.75 Å².